The van der Waals surface area contributed by atoms with Gasteiger partial charge in [-0.15, -0.1) is 0 Å². The predicted molar refractivity (Wildman–Crippen MR) is 84.3 cm³/mol. The van der Waals surface area contributed by atoms with Crippen LogP contribution in [0.1, 0.15) is 31.7 Å². The number of rotatable bonds is 5. The van der Waals surface area contributed by atoms with E-state index < -0.39 is 0 Å². The Morgan fingerprint density at radius 2 is 2.10 bits per heavy atom. The van der Waals surface area contributed by atoms with Gasteiger partial charge in [-0.05, 0) is 50.0 Å². The van der Waals surface area contributed by atoms with Gasteiger partial charge in [-0.1, -0.05) is 13.0 Å². The van der Waals surface area contributed by atoms with E-state index >= 15 is 0 Å². The fraction of sp³-hybridized carbons (Fsp3) is 0.500. The van der Waals surface area contributed by atoms with Gasteiger partial charge in [0.2, 0.25) is 11.8 Å². The van der Waals surface area contributed by atoms with E-state index in [1.54, 1.807) is 0 Å². The van der Waals surface area contributed by atoms with Crippen molar-refractivity contribution in [1.82, 2.24) is 5.32 Å². The van der Waals surface area contributed by atoms with Gasteiger partial charge in [0, 0.05) is 24.2 Å². The van der Waals surface area contributed by atoms with Crippen LogP contribution in [0.4, 0.5) is 11.4 Å². The number of anilines is 2. The van der Waals surface area contributed by atoms with Crippen LogP contribution in [0, 0.1) is 12.8 Å². The Morgan fingerprint density at radius 3 is 2.76 bits per heavy atom. The van der Waals surface area contributed by atoms with Gasteiger partial charge < -0.3 is 16.0 Å². The molecule has 5 heteroatoms. The molecule has 21 heavy (non-hydrogen) atoms. The van der Waals surface area contributed by atoms with E-state index in [1.165, 1.54) is 0 Å². The van der Waals surface area contributed by atoms with Gasteiger partial charge in [-0.3, -0.25) is 9.59 Å². The molecule has 0 bridgehead atoms. The van der Waals surface area contributed by atoms with Crippen molar-refractivity contribution in [3.8, 4) is 0 Å². The van der Waals surface area contributed by atoms with Gasteiger partial charge in [0.05, 0.1) is 0 Å². The van der Waals surface area contributed by atoms with Crippen LogP contribution in [0.25, 0.3) is 0 Å². The highest BCUT2D eigenvalue weighted by Gasteiger charge is 2.18. The zero-order valence-electron chi connectivity index (χ0n) is 12.7. The van der Waals surface area contributed by atoms with Crippen LogP contribution in [0.5, 0.6) is 0 Å². The van der Waals surface area contributed by atoms with Gasteiger partial charge in [0.15, 0.2) is 0 Å². The molecule has 1 aromatic carbocycles. The maximum absolute atomic E-state index is 12.1. The lowest BCUT2D eigenvalue weighted by molar-refractivity contribution is -0.117. The Labute approximate surface area is 125 Å². The molecule has 0 aromatic heterocycles. The zero-order valence-corrected chi connectivity index (χ0v) is 12.7. The van der Waals surface area contributed by atoms with E-state index in [0.29, 0.717) is 24.4 Å². The van der Waals surface area contributed by atoms with Crippen molar-refractivity contribution in [2.75, 3.05) is 23.7 Å². The number of carbonyl (C=O) groups excluding carboxylic acids is 2. The fourth-order valence-electron chi connectivity index (χ4n) is 2.44. The first-order valence-electron chi connectivity index (χ1n) is 7.49. The van der Waals surface area contributed by atoms with Gasteiger partial charge in [0.25, 0.3) is 0 Å². The summed E-state index contributed by atoms with van der Waals surface area (Å²) >= 11 is 0. The second-order valence-electron chi connectivity index (χ2n) is 5.54. The van der Waals surface area contributed by atoms with Crippen LogP contribution in [0.3, 0.4) is 0 Å². The maximum atomic E-state index is 12.1. The number of hydrogen-bond acceptors (Lipinski definition) is 3. The molecule has 0 spiro atoms. The molecule has 1 heterocycles. The quantitative estimate of drug-likeness (QED) is 0.779. The van der Waals surface area contributed by atoms with Crippen molar-refractivity contribution < 1.29 is 9.59 Å². The van der Waals surface area contributed by atoms with Crippen LogP contribution in [-0.2, 0) is 9.59 Å². The van der Waals surface area contributed by atoms with E-state index in [4.69, 9.17) is 0 Å². The number of nitrogens with one attached hydrogen (secondary N) is 3. The number of amides is 2. The molecule has 114 valence electrons. The summed E-state index contributed by atoms with van der Waals surface area (Å²) in [4.78, 5) is 23.5. The normalized spacial score (nSPS) is 17.5. The second kappa shape index (κ2) is 7.22. The first kappa shape index (κ1) is 15.5. The Hall–Kier alpha value is -1.88. The molecule has 1 fully saturated rings. The Kier molecular flexibility index (Phi) is 5.33. The van der Waals surface area contributed by atoms with E-state index in [0.717, 1.165) is 30.8 Å². The lowest BCUT2D eigenvalue weighted by atomic mass is 10.0. The third kappa shape index (κ3) is 4.56. The van der Waals surface area contributed by atoms with Crippen LogP contribution < -0.4 is 16.0 Å². The number of aryl methyl sites for hydroxylation is 1. The minimum absolute atomic E-state index is 0.0331. The van der Waals surface area contributed by atoms with Crippen LogP contribution in [0.15, 0.2) is 18.2 Å². The minimum Gasteiger partial charge on any atom is -0.326 e. The molecule has 1 atom stereocenters. The SMILES string of the molecule is CCC(=O)Nc1ccc(C)c(NC(=O)CC2CCNC2)c1. The summed E-state index contributed by atoms with van der Waals surface area (Å²) in [5.74, 6) is 0.423. The van der Waals surface area contributed by atoms with Crippen LogP contribution >= 0.6 is 0 Å². The first-order chi connectivity index (χ1) is 10.1. The van der Waals surface area contributed by atoms with Gasteiger partial charge in [0.1, 0.15) is 0 Å². The summed E-state index contributed by atoms with van der Waals surface area (Å²) in [6.45, 7) is 5.66. The molecule has 1 aliphatic heterocycles. The molecule has 2 amide bonds. The van der Waals surface area contributed by atoms with Gasteiger partial charge >= 0.3 is 0 Å². The molecule has 1 aromatic rings. The molecule has 0 saturated carbocycles. The fourth-order valence-corrected chi connectivity index (χ4v) is 2.44. The van der Waals surface area contributed by atoms with Crippen molar-refractivity contribution in [3.05, 3.63) is 23.8 Å². The largest absolute Gasteiger partial charge is 0.326 e. The van der Waals surface area contributed by atoms with Crippen molar-refractivity contribution in [1.29, 1.82) is 0 Å². The molecule has 0 aliphatic carbocycles. The number of hydrogen-bond donors (Lipinski definition) is 3. The predicted octanol–water partition coefficient (Wildman–Crippen LogP) is 2.28. The molecular formula is C16H23N3O2. The average Bonchev–Trinajstić information content (AvgIpc) is 2.95. The summed E-state index contributed by atoms with van der Waals surface area (Å²) in [7, 11) is 0. The standard InChI is InChI=1S/C16H23N3O2/c1-3-15(20)18-13-5-4-11(2)14(9-13)19-16(21)8-12-6-7-17-10-12/h4-5,9,12,17H,3,6-8,10H2,1-2H3,(H,18,20)(H,19,21). The third-order valence-corrected chi connectivity index (χ3v) is 3.75. The molecular weight excluding hydrogens is 266 g/mol. The second-order valence-corrected chi connectivity index (χ2v) is 5.54. The summed E-state index contributed by atoms with van der Waals surface area (Å²) in [6.07, 6.45) is 2.03. The van der Waals surface area contributed by atoms with Crippen molar-refractivity contribution in [2.45, 2.75) is 33.1 Å². The molecule has 1 saturated heterocycles. The minimum atomic E-state index is -0.0341. The highest BCUT2D eigenvalue weighted by atomic mass is 16.2. The van der Waals surface area contributed by atoms with Crippen molar-refractivity contribution in [2.24, 2.45) is 5.92 Å². The van der Waals surface area contributed by atoms with E-state index in [1.807, 2.05) is 32.0 Å². The average molecular weight is 289 g/mol. The lowest BCUT2D eigenvalue weighted by Gasteiger charge is -2.13. The molecule has 1 unspecified atom stereocenters. The Morgan fingerprint density at radius 1 is 1.29 bits per heavy atom. The monoisotopic (exact) mass is 289 g/mol. The lowest BCUT2D eigenvalue weighted by Crippen LogP contribution is -2.19. The first-order valence-corrected chi connectivity index (χ1v) is 7.49. The van der Waals surface area contributed by atoms with E-state index in [9.17, 15) is 9.59 Å². The Bertz CT molecular complexity index is 522. The summed E-state index contributed by atoms with van der Waals surface area (Å²) < 4.78 is 0. The summed E-state index contributed by atoms with van der Waals surface area (Å²) in [6, 6.07) is 5.56. The number of benzene rings is 1. The maximum Gasteiger partial charge on any atom is 0.224 e. The molecule has 3 N–H and O–H groups in total. The zero-order chi connectivity index (χ0) is 15.2. The van der Waals surface area contributed by atoms with Gasteiger partial charge in [-0.2, -0.15) is 0 Å². The van der Waals surface area contributed by atoms with Crippen molar-refractivity contribution >= 4 is 23.2 Å². The third-order valence-electron chi connectivity index (χ3n) is 3.75. The Balaban J connectivity index is 1.99. The molecule has 0 radical (unpaired) electrons. The van der Waals surface area contributed by atoms with Crippen LogP contribution in [-0.4, -0.2) is 24.9 Å². The molecule has 5 nitrogen and oxygen atoms in total. The molecule has 1 aliphatic rings. The van der Waals surface area contributed by atoms with Crippen molar-refractivity contribution in [3.63, 3.8) is 0 Å². The highest BCUT2D eigenvalue weighted by Crippen LogP contribution is 2.21. The smallest absolute Gasteiger partial charge is 0.224 e. The topological polar surface area (TPSA) is 70.2 Å². The highest BCUT2D eigenvalue weighted by molar-refractivity contribution is 5.94. The summed E-state index contributed by atoms with van der Waals surface area (Å²) in [5.41, 5.74) is 2.47. The van der Waals surface area contributed by atoms with E-state index in [2.05, 4.69) is 16.0 Å². The van der Waals surface area contributed by atoms with Gasteiger partial charge in [-0.25, -0.2) is 0 Å². The van der Waals surface area contributed by atoms with E-state index in [-0.39, 0.29) is 11.8 Å². The number of carbonyl (C=O) groups is 2. The van der Waals surface area contributed by atoms with Crippen LogP contribution in [0.2, 0.25) is 0 Å². The summed E-state index contributed by atoms with van der Waals surface area (Å²) in [5, 5.41) is 9.02. The molecule has 2 rings (SSSR count).